The first-order valence-corrected chi connectivity index (χ1v) is 10.9. The number of nitrogens with one attached hydrogen (secondary N) is 1. The van der Waals surface area contributed by atoms with Crippen LogP contribution in [-0.4, -0.2) is 50.1 Å². The third-order valence-electron chi connectivity index (χ3n) is 5.57. The molecule has 1 aliphatic rings. The molecule has 0 bridgehead atoms. The molecule has 1 aliphatic heterocycles. The van der Waals surface area contributed by atoms with Crippen LogP contribution in [0.25, 0.3) is 0 Å². The lowest BCUT2D eigenvalue weighted by Crippen LogP contribution is -2.46. The Morgan fingerprint density at radius 3 is 2.29 bits per heavy atom. The molecule has 3 rings (SSSR count). The maximum Gasteiger partial charge on any atom is 0.224 e. The van der Waals surface area contributed by atoms with E-state index in [0.29, 0.717) is 48.9 Å². The summed E-state index contributed by atoms with van der Waals surface area (Å²) in [5.41, 5.74) is 1.97. The van der Waals surface area contributed by atoms with Gasteiger partial charge in [-0.15, -0.1) is 0 Å². The fourth-order valence-electron chi connectivity index (χ4n) is 3.79. The highest BCUT2D eigenvalue weighted by atomic mass is 35.5. The minimum absolute atomic E-state index is 0.000511. The van der Waals surface area contributed by atoms with Crippen molar-refractivity contribution in [2.45, 2.75) is 38.1 Å². The van der Waals surface area contributed by atoms with Crippen molar-refractivity contribution in [1.82, 2.24) is 10.2 Å². The van der Waals surface area contributed by atoms with Gasteiger partial charge in [-0.1, -0.05) is 29.8 Å². The fraction of sp³-hybridized carbons (Fsp3) is 0.417. The Balaban J connectivity index is 1.41. The SMILES string of the molecule is COc1ccc(CCC(=O)N2CCC(NC(=O)Cc3ccc(Cl)cc3)CC2)cc1OC. The molecule has 1 heterocycles. The molecule has 2 aromatic carbocycles. The zero-order chi connectivity index (χ0) is 22.2. The Bertz CT molecular complexity index is 893. The molecular weight excluding hydrogens is 416 g/mol. The Hall–Kier alpha value is -2.73. The normalized spacial score (nSPS) is 14.2. The molecule has 1 fully saturated rings. The molecule has 2 aromatic rings. The van der Waals surface area contributed by atoms with Crippen LogP contribution in [0.3, 0.4) is 0 Å². The van der Waals surface area contributed by atoms with Crippen LogP contribution >= 0.6 is 11.6 Å². The minimum Gasteiger partial charge on any atom is -0.493 e. The highest BCUT2D eigenvalue weighted by Crippen LogP contribution is 2.28. The molecular formula is C24H29ClN2O4. The van der Waals surface area contributed by atoms with Crippen molar-refractivity contribution in [2.75, 3.05) is 27.3 Å². The summed E-state index contributed by atoms with van der Waals surface area (Å²) < 4.78 is 10.6. The van der Waals surface area contributed by atoms with E-state index in [1.807, 2.05) is 35.2 Å². The molecule has 0 aliphatic carbocycles. The first-order chi connectivity index (χ1) is 15.0. The largest absolute Gasteiger partial charge is 0.493 e. The van der Waals surface area contributed by atoms with E-state index in [4.69, 9.17) is 21.1 Å². The van der Waals surface area contributed by atoms with Gasteiger partial charge in [0.2, 0.25) is 11.8 Å². The molecule has 0 aromatic heterocycles. The molecule has 0 radical (unpaired) electrons. The Kier molecular flexibility index (Phi) is 8.18. The van der Waals surface area contributed by atoms with Crippen LogP contribution in [0.5, 0.6) is 11.5 Å². The van der Waals surface area contributed by atoms with Gasteiger partial charge < -0.3 is 19.7 Å². The molecule has 6 nitrogen and oxygen atoms in total. The number of ether oxygens (including phenoxy) is 2. The quantitative estimate of drug-likeness (QED) is 0.675. The van der Waals surface area contributed by atoms with Gasteiger partial charge in [-0.25, -0.2) is 0 Å². The van der Waals surface area contributed by atoms with Crippen molar-refractivity contribution >= 4 is 23.4 Å². The number of amides is 2. The molecule has 1 N–H and O–H groups in total. The summed E-state index contributed by atoms with van der Waals surface area (Å²) in [7, 11) is 3.20. The van der Waals surface area contributed by atoms with Crippen molar-refractivity contribution in [1.29, 1.82) is 0 Å². The number of hydrogen-bond acceptors (Lipinski definition) is 4. The van der Waals surface area contributed by atoms with E-state index in [9.17, 15) is 9.59 Å². The number of halogens is 1. The number of carbonyl (C=O) groups is 2. The predicted molar refractivity (Wildman–Crippen MR) is 121 cm³/mol. The molecule has 166 valence electrons. The average Bonchev–Trinajstić information content (AvgIpc) is 2.79. The third-order valence-corrected chi connectivity index (χ3v) is 5.82. The van der Waals surface area contributed by atoms with E-state index < -0.39 is 0 Å². The zero-order valence-corrected chi connectivity index (χ0v) is 18.8. The highest BCUT2D eigenvalue weighted by molar-refractivity contribution is 6.30. The zero-order valence-electron chi connectivity index (χ0n) is 18.0. The summed E-state index contributed by atoms with van der Waals surface area (Å²) >= 11 is 5.88. The summed E-state index contributed by atoms with van der Waals surface area (Å²) in [4.78, 5) is 26.8. The highest BCUT2D eigenvalue weighted by Gasteiger charge is 2.23. The van der Waals surface area contributed by atoms with Gasteiger partial charge in [0.1, 0.15) is 0 Å². The number of benzene rings is 2. The van der Waals surface area contributed by atoms with Crippen molar-refractivity contribution < 1.29 is 19.1 Å². The number of likely N-dealkylation sites (tertiary alicyclic amines) is 1. The molecule has 2 amide bonds. The van der Waals surface area contributed by atoms with E-state index in [1.165, 1.54) is 0 Å². The monoisotopic (exact) mass is 444 g/mol. The van der Waals surface area contributed by atoms with Crippen LogP contribution in [0.15, 0.2) is 42.5 Å². The topological polar surface area (TPSA) is 67.9 Å². The standard InChI is InChI=1S/C24H29ClN2O4/c1-30-21-9-5-17(15-22(21)31-2)6-10-24(29)27-13-11-20(12-14-27)26-23(28)16-18-3-7-19(25)8-4-18/h3-5,7-9,15,20H,6,10-14,16H2,1-2H3,(H,26,28). The van der Waals surface area contributed by atoms with Crippen LogP contribution in [0.1, 0.15) is 30.4 Å². The van der Waals surface area contributed by atoms with Crippen molar-refractivity contribution in [3.8, 4) is 11.5 Å². The number of nitrogens with zero attached hydrogens (tertiary/aromatic N) is 1. The second-order valence-corrected chi connectivity index (χ2v) is 8.15. The molecule has 0 atom stereocenters. The first-order valence-electron chi connectivity index (χ1n) is 10.5. The van der Waals surface area contributed by atoms with E-state index in [2.05, 4.69) is 5.32 Å². The van der Waals surface area contributed by atoms with Crippen molar-refractivity contribution in [3.63, 3.8) is 0 Å². The van der Waals surface area contributed by atoms with Gasteiger partial charge in [-0.2, -0.15) is 0 Å². The lowest BCUT2D eigenvalue weighted by molar-refractivity contribution is -0.132. The summed E-state index contributed by atoms with van der Waals surface area (Å²) in [6, 6.07) is 13.1. The van der Waals surface area contributed by atoms with E-state index >= 15 is 0 Å². The van der Waals surface area contributed by atoms with Gasteiger partial charge in [0, 0.05) is 30.6 Å². The predicted octanol–water partition coefficient (Wildman–Crippen LogP) is 3.64. The van der Waals surface area contributed by atoms with E-state index in [1.54, 1.807) is 26.4 Å². The number of methoxy groups -OCH3 is 2. The number of piperidine rings is 1. The Labute approximate surface area is 188 Å². The lowest BCUT2D eigenvalue weighted by Gasteiger charge is -2.32. The number of aryl methyl sites for hydroxylation is 1. The van der Waals surface area contributed by atoms with Gasteiger partial charge in [-0.3, -0.25) is 9.59 Å². The lowest BCUT2D eigenvalue weighted by atomic mass is 10.0. The van der Waals surface area contributed by atoms with Gasteiger partial charge in [-0.05, 0) is 54.7 Å². The van der Waals surface area contributed by atoms with Crippen LogP contribution < -0.4 is 14.8 Å². The number of hydrogen-bond donors (Lipinski definition) is 1. The van der Waals surface area contributed by atoms with Crippen molar-refractivity contribution in [3.05, 3.63) is 58.6 Å². The van der Waals surface area contributed by atoms with Crippen LogP contribution in [-0.2, 0) is 22.4 Å². The second kappa shape index (κ2) is 11.0. The van der Waals surface area contributed by atoms with Crippen LogP contribution in [0.2, 0.25) is 5.02 Å². The van der Waals surface area contributed by atoms with Crippen LogP contribution in [0, 0.1) is 0 Å². The van der Waals surface area contributed by atoms with Gasteiger partial charge in [0.05, 0.1) is 20.6 Å². The van der Waals surface area contributed by atoms with Gasteiger partial charge >= 0.3 is 0 Å². The summed E-state index contributed by atoms with van der Waals surface area (Å²) in [5.74, 6) is 1.49. The van der Waals surface area contributed by atoms with Gasteiger partial charge in [0.25, 0.3) is 0 Å². The molecule has 0 spiro atoms. The number of rotatable bonds is 8. The van der Waals surface area contributed by atoms with E-state index in [-0.39, 0.29) is 17.9 Å². The summed E-state index contributed by atoms with van der Waals surface area (Å²) in [6.07, 6.45) is 2.98. The molecule has 7 heteroatoms. The summed E-state index contributed by atoms with van der Waals surface area (Å²) in [6.45, 7) is 1.33. The van der Waals surface area contributed by atoms with Crippen LogP contribution in [0.4, 0.5) is 0 Å². The third kappa shape index (κ3) is 6.62. The minimum atomic E-state index is 0.000511. The molecule has 1 saturated heterocycles. The second-order valence-electron chi connectivity index (χ2n) is 7.72. The molecule has 0 unspecified atom stereocenters. The maximum absolute atomic E-state index is 12.6. The smallest absolute Gasteiger partial charge is 0.224 e. The molecule has 0 saturated carbocycles. The maximum atomic E-state index is 12.6. The summed E-state index contributed by atoms with van der Waals surface area (Å²) in [5, 5.41) is 3.75. The van der Waals surface area contributed by atoms with Crippen molar-refractivity contribution in [2.24, 2.45) is 0 Å². The Morgan fingerprint density at radius 2 is 1.65 bits per heavy atom. The number of carbonyl (C=O) groups excluding carboxylic acids is 2. The fourth-order valence-corrected chi connectivity index (χ4v) is 3.91. The molecule has 31 heavy (non-hydrogen) atoms. The average molecular weight is 445 g/mol. The first kappa shape index (κ1) is 22.9. The van der Waals surface area contributed by atoms with Gasteiger partial charge in [0.15, 0.2) is 11.5 Å². The van der Waals surface area contributed by atoms with E-state index in [0.717, 1.165) is 24.0 Å². The Morgan fingerprint density at radius 1 is 1.00 bits per heavy atom.